The maximum Gasteiger partial charge on any atom is 0.279 e. The van der Waals surface area contributed by atoms with Gasteiger partial charge in [0.2, 0.25) is 0 Å². The van der Waals surface area contributed by atoms with Crippen LogP contribution in [0.4, 0.5) is 5.69 Å². The van der Waals surface area contributed by atoms with E-state index in [9.17, 15) is 14.9 Å². The van der Waals surface area contributed by atoms with Crippen LogP contribution >= 0.6 is 22.9 Å². The summed E-state index contributed by atoms with van der Waals surface area (Å²) in [5.74, 6) is 2.02. The van der Waals surface area contributed by atoms with Crippen molar-refractivity contribution in [1.82, 2.24) is 4.57 Å². The third-order valence-electron chi connectivity index (χ3n) is 3.39. The third kappa shape index (κ3) is 3.45. The fraction of sp³-hybridized carbons (Fsp3) is 0.0588. The van der Waals surface area contributed by atoms with Gasteiger partial charge >= 0.3 is 0 Å². The summed E-state index contributed by atoms with van der Waals surface area (Å²) in [7, 11) is 0. The number of terminal acetylenes is 1. The second kappa shape index (κ2) is 6.89. The van der Waals surface area contributed by atoms with Crippen LogP contribution in [-0.4, -0.2) is 15.4 Å². The van der Waals surface area contributed by atoms with Gasteiger partial charge in [-0.1, -0.05) is 34.9 Å². The first-order chi connectivity index (χ1) is 12.0. The molecule has 8 heteroatoms. The monoisotopic (exact) mass is 371 g/mol. The zero-order valence-electron chi connectivity index (χ0n) is 12.7. The van der Waals surface area contributed by atoms with Gasteiger partial charge in [0.15, 0.2) is 4.80 Å². The minimum atomic E-state index is -0.481. The topological polar surface area (TPSA) is 77.5 Å². The summed E-state index contributed by atoms with van der Waals surface area (Å²) in [6, 6.07) is 10.9. The Hall–Kier alpha value is -2.95. The predicted molar refractivity (Wildman–Crippen MR) is 96.6 cm³/mol. The quantitative estimate of drug-likeness (QED) is 0.400. The SMILES string of the molecule is C#CCn1c(=NC(=O)c2cccc(Cl)c2)sc2ccc([N+](=O)[O-])cc21. The largest absolute Gasteiger partial charge is 0.304 e. The number of halogens is 1. The van der Waals surface area contributed by atoms with E-state index in [2.05, 4.69) is 10.9 Å². The minimum Gasteiger partial charge on any atom is -0.304 e. The molecule has 0 spiro atoms. The molecular formula is C17H10ClN3O3S. The Labute approximate surface area is 151 Å². The molecule has 25 heavy (non-hydrogen) atoms. The Morgan fingerprint density at radius 2 is 2.16 bits per heavy atom. The molecular weight excluding hydrogens is 362 g/mol. The number of thiazole rings is 1. The molecule has 0 aliphatic rings. The summed E-state index contributed by atoms with van der Waals surface area (Å²) in [5.41, 5.74) is 0.863. The molecule has 0 fully saturated rings. The van der Waals surface area contributed by atoms with Gasteiger partial charge in [0.1, 0.15) is 0 Å². The van der Waals surface area contributed by atoms with Gasteiger partial charge in [-0.2, -0.15) is 4.99 Å². The standard InChI is InChI=1S/C17H10ClN3O3S/c1-2-8-20-14-10-13(21(23)24)6-7-15(14)25-17(20)19-16(22)11-4-3-5-12(18)9-11/h1,3-7,9-10H,8H2. The molecule has 3 rings (SSSR count). The highest BCUT2D eigenvalue weighted by atomic mass is 35.5. The van der Waals surface area contributed by atoms with Crippen LogP contribution in [0.15, 0.2) is 47.5 Å². The molecule has 124 valence electrons. The first-order valence-electron chi connectivity index (χ1n) is 7.05. The highest BCUT2D eigenvalue weighted by molar-refractivity contribution is 7.16. The van der Waals surface area contributed by atoms with Gasteiger partial charge < -0.3 is 4.57 Å². The van der Waals surface area contributed by atoms with Crippen LogP contribution in [0.5, 0.6) is 0 Å². The average Bonchev–Trinajstić information content (AvgIpc) is 2.92. The van der Waals surface area contributed by atoms with Crippen molar-refractivity contribution < 1.29 is 9.72 Å². The number of carbonyl (C=O) groups excluding carboxylic acids is 1. The molecule has 0 aliphatic heterocycles. The van der Waals surface area contributed by atoms with Crippen molar-refractivity contribution in [3.05, 3.63) is 68.0 Å². The van der Waals surface area contributed by atoms with Gasteiger partial charge in [0, 0.05) is 22.7 Å². The van der Waals surface area contributed by atoms with Crippen molar-refractivity contribution >= 4 is 44.7 Å². The summed E-state index contributed by atoms with van der Waals surface area (Å²) < 4.78 is 2.36. The molecule has 1 aromatic heterocycles. The molecule has 0 saturated heterocycles. The fourth-order valence-corrected chi connectivity index (χ4v) is 3.47. The second-order valence-corrected chi connectivity index (χ2v) is 6.46. The number of nitro benzene ring substituents is 1. The van der Waals surface area contributed by atoms with E-state index in [0.717, 1.165) is 4.70 Å². The summed E-state index contributed by atoms with van der Waals surface area (Å²) in [4.78, 5) is 27.4. The lowest BCUT2D eigenvalue weighted by Gasteiger charge is -2.00. The highest BCUT2D eigenvalue weighted by Gasteiger charge is 2.13. The molecule has 6 nitrogen and oxygen atoms in total. The molecule has 0 radical (unpaired) electrons. The summed E-state index contributed by atoms with van der Waals surface area (Å²) >= 11 is 7.13. The van der Waals surface area contributed by atoms with Crippen LogP contribution in [0, 0.1) is 22.5 Å². The number of aromatic nitrogens is 1. The van der Waals surface area contributed by atoms with E-state index < -0.39 is 10.8 Å². The normalized spacial score (nSPS) is 11.4. The van der Waals surface area contributed by atoms with Crippen LogP contribution in [0.25, 0.3) is 10.2 Å². The smallest absolute Gasteiger partial charge is 0.279 e. The van der Waals surface area contributed by atoms with Gasteiger partial charge in [-0.05, 0) is 24.3 Å². The molecule has 0 N–H and O–H groups in total. The molecule has 0 aliphatic carbocycles. The fourth-order valence-electron chi connectivity index (χ4n) is 2.27. The van der Waals surface area contributed by atoms with E-state index in [4.69, 9.17) is 18.0 Å². The van der Waals surface area contributed by atoms with Crippen molar-refractivity contribution in [2.75, 3.05) is 0 Å². The van der Waals surface area contributed by atoms with Crippen molar-refractivity contribution in [2.24, 2.45) is 4.99 Å². The lowest BCUT2D eigenvalue weighted by molar-refractivity contribution is -0.384. The number of hydrogen-bond acceptors (Lipinski definition) is 4. The number of hydrogen-bond donors (Lipinski definition) is 0. The van der Waals surface area contributed by atoms with Crippen molar-refractivity contribution in [3.8, 4) is 12.3 Å². The third-order valence-corrected chi connectivity index (χ3v) is 4.69. The van der Waals surface area contributed by atoms with E-state index in [-0.39, 0.29) is 12.2 Å². The number of rotatable bonds is 3. The van der Waals surface area contributed by atoms with E-state index in [0.29, 0.717) is 20.9 Å². The Morgan fingerprint density at radius 3 is 2.84 bits per heavy atom. The van der Waals surface area contributed by atoms with Crippen molar-refractivity contribution in [3.63, 3.8) is 0 Å². The number of nitro groups is 1. The zero-order valence-corrected chi connectivity index (χ0v) is 14.3. The first kappa shape index (κ1) is 16.9. The summed E-state index contributed by atoms with van der Waals surface area (Å²) in [6.07, 6.45) is 5.40. The van der Waals surface area contributed by atoms with Gasteiger partial charge in [-0.3, -0.25) is 14.9 Å². The molecule has 0 saturated carbocycles. The molecule has 0 atom stereocenters. The van der Waals surface area contributed by atoms with Crippen molar-refractivity contribution in [2.45, 2.75) is 6.54 Å². The van der Waals surface area contributed by atoms with Crippen LogP contribution in [0.3, 0.4) is 0 Å². The van der Waals surface area contributed by atoms with Crippen molar-refractivity contribution in [1.29, 1.82) is 0 Å². The van der Waals surface area contributed by atoms with Gasteiger partial charge in [-0.15, -0.1) is 6.42 Å². The van der Waals surface area contributed by atoms with Gasteiger partial charge in [-0.25, -0.2) is 0 Å². The molecule has 0 unspecified atom stereocenters. The molecule has 2 aromatic carbocycles. The van der Waals surface area contributed by atoms with Crippen LogP contribution in [0.1, 0.15) is 10.4 Å². The van der Waals surface area contributed by atoms with Gasteiger partial charge in [0.05, 0.1) is 21.7 Å². The lowest BCUT2D eigenvalue weighted by Crippen LogP contribution is -2.16. The number of nitrogens with zero attached hydrogens (tertiary/aromatic N) is 3. The Morgan fingerprint density at radius 1 is 1.36 bits per heavy atom. The maximum absolute atomic E-state index is 12.4. The molecule has 1 amide bonds. The average molecular weight is 372 g/mol. The number of benzene rings is 2. The number of non-ortho nitro benzene ring substituents is 1. The summed E-state index contributed by atoms with van der Waals surface area (Å²) in [6.45, 7) is 0.142. The Balaban J connectivity index is 2.18. The Kier molecular flexibility index (Phi) is 4.65. The number of amides is 1. The molecule has 1 heterocycles. The van der Waals surface area contributed by atoms with Gasteiger partial charge in [0.25, 0.3) is 11.6 Å². The van der Waals surface area contributed by atoms with Crippen LogP contribution < -0.4 is 4.80 Å². The summed E-state index contributed by atoms with van der Waals surface area (Å²) in [5, 5.41) is 11.4. The highest BCUT2D eigenvalue weighted by Crippen LogP contribution is 2.23. The lowest BCUT2D eigenvalue weighted by atomic mass is 10.2. The first-order valence-corrected chi connectivity index (χ1v) is 8.25. The second-order valence-electron chi connectivity index (χ2n) is 5.01. The zero-order chi connectivity index (χ0) is 18.0. The predicted octanol–water partition coefficient (Wildman–Crippen LogP) is 3.64. The molecule has 0 bridgehead atoms. The minimum absolute atomic E-state index is 0.0520. The molecule has 3 aromatic rings. The van der Waals surface area contributed by atoms with E-state index in [1.807, 2.05) is 0 Å². The van der Waals surface area contributed by atoms with E-state index in [1.54, 1.807) is 28.8 Å². The van der Waals surface area contributed by atoms with Crippen LogP contribution in [0.2, 0.25) is 5.02 Å². The maximum atomic E-state index is 12.4. The van der Waals surface area contributed by atoms with E-state index in [1.165, 1.54) is 29.5 Å². The Bertz CT molecular complexity index is 1110. The van der Waals surface area contributed by atoms with Crippen LogP contribution in [-0.2, 0) is 6.54 Å². The number of carbonyl (C=O) groups is 1. The number of fused-ring (bicyclic) bond motifs is 1. The van der Waals surface area contributed by atoms with E-state index >= 15 is 0 Å².